The zero-order valence-electron chi connectivity index (χ0n) is 12.2. The average molecular weight is 258 g/mol. The van der Waals surface area contributed by atoms with E-state index in [0.717, 1.165) is 25.0 Å². The molecule has 0 aliphatic carbocycles. The summed E-state index contributed by atoms with van der Waals surface area (Å²) in [5.41, 5.74) is 4.09. The standard InChI is InChI=1S/C13H15NO2.C2H6.B/c1-7-5-11(8(2)15)14-13-10(7)6-9-3-4-12(13)16-9;1-2;/h5,9,12H,3-4,6H2,1-2H3;1-2H3;. The lowest BCUT2D eigenvalue weighted by Gasteiger charge is -2.24. The molecular formula is C15H21BNO2. The van der Waals surface area contributed by atoms with Gasteiger partial charge in [0.25, 0.3) is 0 Å². The molecule has 0 amide bonds. The van der Waals surface area contributed by atoms with Gasteiger partial charge >= 0.3 is 0 Å². The molecule has 1 fully saturated rings. The highest BCUT2D eigenvalue weighted by Crippen LogP contribution is 2.41. The Hall–Kier alpha value is -1.16. The van der Waals surface area contributed by atoms with Gasteiger partial charge in [0.05, 0.1) is 11.8 Å². The van der Waals surface area contributed by atoms with Crippen molar-refractivity contribution in [3.8, 4) is 0 Å². The second-order valence-electron chi connectivity index (χ2n) is 4.77. The SMILES string of the molecule is CC.CC(=O)c1cc(C)c2c(n1)C1CCC(C2)O1.[B]. The molecule has 101 valence electrons. The second-order valence-corrected chi connectivity index (χ2v) is 4.77. The smallest absolute Gasteiger partial charge is 0.178 e. The summed E-state index contributed by atoms with van der Waals surface area (Å²) < 4.78 is 5.84. The molecule has 4 heteroatoms. The summed E-state index contributed by atoms with van der Waals surface area (Å²) in [5, 5.41) is 0. The minimum Gasteiger partial charge on any atom is -0.368 e. The van der Waals surface area contributed by atoms with E-state index < -0.39 is 0 Å². The Bertz CT molecular complexity index is 473. The highest BCUT2D eigenvalue weighted by atomic mass is 16.5. The van der Waals surface area contributed by atoms with Crippen LogP contribution in [-0.2, 0) is 11.2 Å². The summed E-state index contributed by atoms with van der Waals surface area (Å²) in [7, 11) is 0. The topological polar surface area (TPSA) is 39.2 Å². The van der Waals surface area contributed by atoms with Crippen LogP contribution >= 0.6 is 0 Å². The summed E-state index contributed by atoms with van der Waals surface area (Å²) in [4.78, 5) is 15.9. The van der Waals surface area contributed by atoms with E-state index >= 15 is 0 Å². The predicted molar refractivity (Wildman–Crippen MR) is 76.6 cm³/mol. The van der Waals surface area contributed by atoms with Crippen molar-refractivity contribution in [2.24, 2.45) is 0 Å². The summed E-state index contributed by atoms with van der Waals surface area (Å²) in [6.45, 7) is 7.63. The molecule has 2 atom stereocenters. The number of carbonyl (C=O) groups excluding carboxylic acids is 1. The lowest BCUT2D eigenvalue weighted by Crippen LogP contribution is -2.21. The number of nitrogens with zero attached hydrogens (tertiary/aromatic N) is 1. The van der Waals surface area contributed by atoms with E-state index in [4.69, 9.17) is 4.74 Å². The van der Waals surface area contributed by atoms with E-state index in [0.29, 0.717) is 11.8 Å². The number of fused-ring (bicyclic) bond motifs is 4. The summed E-state index contributed by atoms with van der Waals surface area (Å²) in [6, 6.07) is 1.91. The van der Waals surface area contributed by atoms with Crippen molar-refractivity contribution >= 4 is 14.2 Å². The molecule has 2 bridgehead atoms. The number of hydrogen-bond donors (Lipinski definition) is 0. The van der Waals surface area contributed by atoms with Gasteiger partial charge < -0.3 is 4.74 Å². The van der Waals surface area contributed by atoms with Crippen molar-refractivity contribution in [3.63, 3.8) is 0 Å². The van der Waals surface area contributed by atoms with Crippen LogP contribution in [0.1, 0.15) is 67.0 Å². The lowest BCUT2D eigenvalue weighted by atomic mass is 9.97. The van der Waals surface area contributed by atoms with Crippen LogP contribution in [0.4, 0.5) is 0 Å². The largest absolute Gasteiger partial charge is 0.368 e. The van der Waals surface area contributed by atoms with Crippen molar-refractivity contribution in [3.05, 3.63) is 28.6 Å². The second kappa shape index (κ2) is 6.33. The van der Waals surface area contributed by atoms with Gasteiger partial charge in [0.15, 0.2) is 5.78 Å². The van der Waals surface area contributed by atoms with Gasteiger partial charge in [0.1, 0.15) is 11.8 Å². The third kappa shape index (κ3) is 2.89. The van der Waals surface area contributed by atoms with Gasteiger partial charge in [-0.2, -0.15) is 0 Å². The molecule has 2 aliphatic heterocycles. The van der Waals surface area contributed by atoms with Crippen LogP contribution < -0.4 is 0 Å². The molecule has 0 aromatic carbocycles. The highest BCUT2D eigenvalue weighted by Gasteiger charge is 2.35. The van der Waals surface area contributed by atoms with E-state index in [1.165, 1.54) is 11.1 Å². The zero-order valence-corrected chi connectivity index (χ0v) is 12.2. The van der Waals surface area contributed by atoms with Crippen LogP contribution in [-0.4, -0.2) is 25.3 Å². The average Bonchev–Trinajstić information content (AvgIpc) is 2.76. The van der Waals surface area contributed by atoms with Crippen molar-refractivity contribution in [1.29, 1.82) is 0 Å². The minimum absolute atomic E-state index is 0. The van der Waals surface area contributed by atoms with Crippen LogP contribution in [0.15, 0.2) is 6.07 Å². The molecule has 0 saturated carbocycles. The van der Waals surface area contributed by atoms with Crippen LogP contribution in [0.2, 0.25) is 0 Å². The molecule has 3 nitrogen and oxygen atoms in total. The Morgan fingerprint density at radius 3 is 2.68 bits per heavy atom. The number of ether oxygens (including phenoxy) is 1. The van der Waals surface area contributed by atoms with Gasteiger partial charge in [-0.1, -0.05) is 13.8 Å². The van der Waals surface area contributed by atoms with Crippen molar-refractivity contribution in [1.82, 2.24) is 4.98 Å². The normalized spacial score (nSPS) is 22.7. The van der Waals surface area contributed by atoms with Gasteiger partial charge in [-0.3, -0.25) is 4.79 Å². The molecule has 1 aromatic rings. The van der Waals surface area contributed by atoms with E-state index in [1.807, 2.05) is 19.9 Å². The molecule has 3 rings (SSSR count). The van der Waals surface area contributed by atoms with E-state index in [2.05, 4.69) is 11.9 Å². The van der Waals surface area contributed by atoms with Crippen LogP contribution in [0.5, 0.6) is 0 Å². The quantitative estimate of drug-likeness (QED) is 0.574. The van der Waals surface area contributed by atoms with Crippen LogP contribution in [0, 0.1) is 6.92 Å². The van der Waals surface area contributed by atoms with E-state index in [1.54, 1.807) is 6.92 Å². The number of hydrogen-bond acceptors (Lipinski definition) is 3. The number of aryl methyl sites for hydroxylation is 1. The van der Waals surface area contributed by atoms with Gasteiger partial charge in [0.2, 0.25) is 0 Å². The highest BCUT2D eigenvalue weighted by molar-refractivity contribution is 5.92. The maximum Gasteiger partial charge on any atom is 0.178 e. The molecular weight excluding hydrogens is 237 g/mol. The zero-order chi connectivity index (χ0) is 13.3. The Morgan fingerprint density at radius 1 is 1.37 bits per heavy atom. The van der Waals surface area contributed by atoms with Gasteiger partial charge in [0, 0.05) is 21.8 Å². The molecule has 0 N–H and O–H groups in total. The minimum atomic E-state index is 0. The first-order chi connectivity index (χ1) is 8.65. The van der Waals surface area contributed by atoms with E-state index in [-0.39, 0.29) is 20.3 Å². The Labute approximate surface area is 117 Å². The number of pyridine rings is 1. The summed E-state index contributed by atoms with van der Waals surface area (Å²) >= 11 is 0. The number of aromatic nitrogens is 1. The fraction of sp³-hybridized carbons (Fsp3) is 0.600. The van der Waals surface area contributed by atoms with Crippen molar-refractivity contribution in [2.45, 2.75) is 59.2 Å². The first-order valence-electron chi connectivity index (χ1n) is 6.82. The van der Waals surface area contributed by atoms with E-state index in [9.17, 15) is 4.79 Å². The molecule has 2 aliphatic rings. The molecule has 0 spiro atoms. The maximum absolute atomic E-state index is 11.4. The van der Waals surface area contributed by atoms with Crippen LogP contribution in [0.3, 0.4) is 0 Å². The summed E-state index contributed by atoms with van der Waals surface area (Å²) in [6.07, 6.45) is 3.64. The number of Topliss-reactive ketones (excluding diaryl/α,β-unsaturated/α-hetero) is 1. The Kier molecular flexibility index (Phi) is 5.30. The van der Waals surface area contributed by atoms with Gasteiger partial charge in [-0.05, 0) is 37.0 Å². The van der Waals surface area contributed by atoms with Crippen molar-refractivity contribution < 1.29 is 9.53 Å². The molecule has 1 saturated heterocycles. The van der Waals surface area contributed by atoms with Gasteiger partial charge in [-0.25, -0.2) is 4.98 Å². The maximum atomic E-state index is 11.4. The number of rotatable bonds is 1. The third-order valence-electron chi connectivity index (χ3n) is 3.58. The third-order valence-corrected chi connectivity index (χ3v) is 3.58. The Morgan fingerprint density at radius 2 is 2.05 bits per heavy atom. The Balaban J connectivity index is 0.000000576. The summed E-state index contributed by atoms with van der Waals surface area (Å²) in [5.74, 6) is 0.0334. The van der Waals surface area contributed by atoms with Crippen molar-refractivity contribution in [2.75, 3.05) is 0 Å². The fourth-order valence-corrected chi connectivity index (χ4v) is 2.72. The molecule has 19 heavy (non-hydrogen) atoms. The predicted octanol–water partition coefficient (Wildman–Crippen LogP) is 3.01. The fourth-order valence-electron chi connectivity index (χ4n) is 2.72. The molecule has 3 heterocycles. The first kappa shape index (κ1) is 15.9. The lowest BCUT2D eigenvalue weighted by molar-refractivity contribution is 0.0291. The molecule has 3 radical (unpaired) electrons. The number of ketones is 1. The first-order valence-corrected chi connectivity index (χ1v) is 6.82. The number of carbonyl (C=O) groups is 1. The van der Waals surface area contributed by atoms with Crippen LogP contribution in [0.25, 0.3) is 0 Å². The van der Waals surface area contributed by atoms with Gasteiger partial charge in [-0.15, -0.1) is 0 Å². The monoisotopic (exact) mass is 258 g/mol. The molecule has 2 unspecified atom stereocenters. The molecule has 1 aromatic heterocycles.